The third-order valence-electron chi connectivity index (χ3n) is 6.78. The summed E-state index contributed by atoms with van der Waals surface area (Å²) in [6.07, 6.45) is 0.358. The molecule has 10 nitrogen and oxygen atoms in total. The summed E-state index contributed by atoms with van der Waals surface area (Å²) < 4.78 is 21.6. The summed E-state index contributed by atoms with van der Waals surface area (Å²) >= 11 is 0. The van der Waals surface area contributed by atoms with Crippen molar-refractivity contribution in [3.63, 3.8) is 0 Å². The Bertz CT molecular complexity index is 1420. The highest BCUT2D eigenvalue weighted by Crippen LogP contribution is 2.51. The first-order chi connectivity index (χ1) is 18.1. The molecule has 0 aliphatic carbocycles. The Labute approximate surface area is 219 Å². The number of ether oxygens (including phenoxy) is 4. The van der Waals surface area contributed by atoms with Crippen molar-refractivity contribution in [3.05, 3.63) is 69.5 Å². The standard InChI is InChI=1S/C28H29NO9/c1-13-25(32)23-16(11-29-13)12-38-28(23)19-9-17(14(2)30)26(33)24(27(19)34)18(10-22(31)37-5)15-6-7-20(35-3)21(8-15)36-4/h6-9,11,18,28,32-34H,10,12H2,1-5H3. The number of phenolic OH excluding ortho intramolecular Hbond substituents is 2. The summed E-state index contributed by atoms with van der Waals surface area (Å²) in [5, 5.41) is 33.6. The minimum Gasteiger partial charge on any atom is -0.507 e. The van der Waals surface area contributed by atoms with E-state index in [1.807, 2.05) is 0 Å². The molecule has 1 aliphatic rings. The van der Waals surface area contributed by atoms with Crippen LogP contribution in [0.4, 0.5) is 0 Å². The molecule has 3 N–H and O–H groups in total. The molecule has 1 aliphatic heterocycles. The predicted molar refractivity (Wildman–Crippen MR) is 135 cm³/mol. The van der Waals surface area contributed by atoms with E-state index in [0.717, 1.165) is 0 Å². The van der Waals surface area contributed by atoms with Gasteiger partial charge in [0.2, 0.25) is 0 Å². The van der Waals surface area contributed by atoms with Gasteiger partial charge >= 0.3 is 5.97 Å². The summed E-state index contributed by atoms with van der Waals surface area (Å²) in [6, 6.07) is 6.26. The van der Waals surface area contributed by atoms with E-state index in [2.05, 4.69) is 4.98 Å². The number of pyridine rings is 1. The highest BCUT2D eigenvalue weighted by atomic mass is 16.5. The molecule has 3 aromatic rings. The number of benzene rings is 2. The first-order valence-corrected chi connectivity index (χ1v) is 11.8. The number of methoxy groups -OCH3 is 3. The fourth-order valence-electron chi connectivity index (χ4n) is 4.77. The van der Waals surface area contributed by atoms with Crippen molar-refractivity contribution in [2.45, 2.75) is 38.9 Å². The molecule has 0 fully saturated rings. The van der Waals surface area contributed by atoms with Crippen molar-refractivity contribution in [3.8, 4) is 28.7 Å². The zero-order valence-corrected chi connectivity index (χ0v) is 21.7. The Kier molecular flexibility index (Phi) is 7.45. The summed E-state index contributed by atoms with van der Waals surface area (Å²) in [4.78, 5) is 29.3. The zero-order valence-electron chi connectivity index (χ0n) is 21.7. The number of Topliss-reactive ketones (excluding diaryl/α,β-unsaturated/α-hetero) is 1. The van der Waals surface area contributed by atoms with E-state index in [9.17, 15) is 24.9 Å². The number of nitrogens with zero attached hydrogens (tertiary/aromatic N) is 1. The van der Waals surface area contributed by atoms with E-state index in [4.69, 9.17) is 18.9 Å². The Hall–Kier alpha value is -4.31. The van der Waals surface area contributed by atoms with Crippen molar-refractivity contribution in [2.75, 3.05) is 21.3 Å². The Morgan fingerprint density at radius 1 is 1.05 bits per heavy atom. The predicted octanol–water partition coefficient (Wildman–Crippen LogP) is 4.04. The van der Waals surface area contributed by atoms with Gasteiger partial charge in [-0.2, -0.15) is 0 Å². The topological polar surface area (TPSA) is 145 Å². The van der Waals surface area contributed by atoms with Crippen molar-refractivity contribution >= 4 is 11.8 Å². The lowest BCUT2D eigenvalue weighted by molar-refractivity contribution is -0.140. The van der Waals surface area contributed by atoms with Gasteiger partial charge < -0.3 is 34.3 Å². The number of hydrogen-bond donors (Lipinski definition) is 3. The maximum absolute atomic E-state index is 12.6. The van der Waals surface area contributed by atoms with Crippen LogP contribution in [0.3, 0.4) is 0 Å². The van der Waals surface area contributed by atoms with E-state index in [1.165, 1.54) is 34.3 Å². The minimum atomic E-state index is -0.951. The largest absolute Gasteiger partial charge is 0.507 e. The number of aryl methyl sites for hydroxylation is 1. The van der Waals surface area contributed by atoms with Crippen LogP contribution in [0.15, 0.2) is 30.5 Å². The lowest BCUT2D eigenvalue weighted by Gasteiger charge is -2.25. The fourth-order valence-corrected chi connectivity index (χ4v) is 4.77. The lowest BCUT2D eigenvalue weighted by atomic mass is 9.83. The van der Waals surface area contributed by atoms with Crippen molar-refractivity contribution in [1.29, 1.82) is 0 Å². The van der Waals surface area contributed by atoms with Crippen LogP contribution >= 0.6 is 0 Å². The SMILES string of the molecule is COC(=O)CC(c1ccc(OC)c(OC)c1)c1c(O)c(C(C)=O)cc(C2OCc3cnc(C)c(O)c32)c1O. The van der Waals surface area contributed by atoms with Gasteiger partial charge in [-0.05, 0) is 37.6 Å². The van der Waals surface area contributed by atoms with E-state index < -0.39 is 29.5 Å². The number of carbonyl (C=O) groups excluding carboxylic acids is 2. The van der Waals surface area contributed by atoms with Crippen LogP contribution in [0.2, 0.25) is 0 Å². The van der Waals surface area contributed by atoms with Crippen molar-refractivity contribution in [1.82, 2.24) is 4.98 Å². The molecule has 2 aromatic carbocycles. The maximum Gasteiger partial charge on any atom is 0.306 e. The molecule has 4 rings (SSSR count). The first-order valence-electron chi connectivity index (χ1n) is 11.8. The van der Waals surface area contributed by atoms with Crippen LogP contribution in [0.1, 0.15) is 69.2 Å². The maximum atomic E-state index is 12.6. The molecule has 0 spiro atoms. The monoisotopic (exact) mass is 523 g/mol. The first kappa shape index (κ1) is 26.7. The van der Waals surface area contributed by atoms with E-state index in [1.54, 1.807) is 31.3 Å². The second-order valence-electron chi connectivity index (χ2n) is 8.95. The number of aromatic nitrogens is 1. The molecule has 1 aromatic heterocycles. The van der Waals surface area contributed by atoms with Gasteiger partial charge in [0.1, 0.15) is 23.4 Å². The molecule has 38 heavy (non-hydrogen) atoms. The van der Waals surface area contributed by atoms with Gasteiger partial charge in [-0.1, -0.05) is 6.07 Å². The van der Waals surface area contributed by atoms with Crippen LogP contribution < -0.4 is 9.47 Å². The van der Waals surface area contributed by atoms with E-state index >= 15 is 0 Å². The van der Waals surface area contributed by atoms with Gasteiger partial charge in [0.05, 0.1) is 45.6 Å². The smallest absolute Gasteiger partial charge is 0.306 e. The quantitative estimate of drug-likeness (QED) is 0.292. The highest BCUT2D eigenvalue weighted by molar-refractivity contribution is 5.98. The minimum absolute atomic E-state index is 0.0624. The van der Waals surface area contributed by atoms with E-state index in [-0.39, 0.29) is 41.2 Å². The van der Waals surface area contributed by atoms with Crippen LogP contribution in [0, 0.1) is 6.92 Å². The zero-order chi connectivity index (χ0) is 27.7. The van der Waals surface area contributed by atoms with E-state index in [0.29, 0.717) is 33.9 Å². The summed E-state index contributed by atoms with van der Waals surface area (Å²) in [7, 11) is 4.17. The Morgan fingerprint density at radius 3 is 2.39 bits per heavy atom. The average Bonchev–Trinajstić information content (AvgIpc) is 3.34. The average molecular weight is 524 g/mol. The van der Waals surface area contributed by atoms with Crippen LogP contribution in [-0.2, 0) is 20.9 Å². The highest BCUT2D eigenvalue weighted by Gasteiger charge is 2.36. The third-order valence-corrected chi connectivity index (χ3v) is 6.78. The van der Waals surface area contributed by atoms with Crippen LogP contribution in [-0.4, -0.2) is 53.4 Å². The number of rotatable bonds is 8. The second-order valence-corrected chi connectivity index (χ2v) is 8.95. The summed E-state index contributed by atoms with van der Waals surface area (Å²) in [5.41, 5.74) is 1.91. The van der Waals surface area contributed by atoms with Crippen LogP contribution in [0.5, 0.6) is 28.7 Å². The molecular formula is C28H29NO9. The molecule has 0 amide bonds. The molecule has 0 saturated heterocycles. The number of carbonyl (C=O) groups is 2. The molecule has 0 bridgehead atoms. The molecule has 0 radical (unpaired) electrons. The number of aromatic hydroxyl groups is 3. The molecule has 200 valence electrons. The molecule has 0 saturated carbocycles. The Morgan fingerprint density at radius 2 is 1.76 bits per heavy atom. The molecule has 2 heterocycles. The number of ketones is 1. The number of esters is 1. The third kappa shape index (κ3) is 4.58. The second kappa shape index (κ2) is 10.6. The van der Waals surface area contributed by atoms with Crippen molar-refractivity contribution < 1.29 is 43.9 Å². The molecule has 2 unspecified atom stereocenters. The van der Waals surface area contributed by atoms with Crippen molar-refractivity contribution in [2.24, 2.45) is 0 Å². The number of phenols is 2. The van der Waals surface area contributed by atoms with Crippen LogP contribution in [0.25, 0.3) is 0 Å². The van der Waals surface area contributed by atoms with Gasteiger partial charge in [-0.25, -0.2) is 0 Å². The fraction of sp³-hybridized carbons (Fsp3) is 0.321. The van der Waals surface area contributed by atoms with Gasteiger partial charge in [-0.15, -0.1) is 0 Å². The molecular weight excluding hydrogens is 494 g/mol. The lowest BCUT2D eigenvalue weighted by Crippen LogP contribution is -2.14. The normalized spacial score (nSPS) is 15.0. The summed E-state index contributed by atoms with van der Waals surface area (Å²) in [5.74, 6) is -2.18. The van der Waals surface area contributed by atoms with Gasteiger partial charge in [0.25, 0.3) is 0 Å². The molecule has 2 atom stereocenters. The van der Waals surface area contributed by atoms with Gasteiger partial charge in [0, 0.05) is 34.4 Å². The number of fused-ring (bicyclic) bond motifs is 1. The summed E-state index contributed by atoms with van der Waals surface area (Å²) in [6.45, 7) is 3.03. The van der Waals surface area contributed by atoms with Gasteiger partial charge in [-0.3, -0.25) is 14.6 Å². The number of hydrogen-bond acceptors (Lipinski definition) is 10. The van der Waals surface area contributed by atoms with Gasteiger partial charge in [0.15, 0.2) is 17.3 Å². The molecule has 10 heteroatoms. The Balaban J connectivity index is 1.99.